The van der Waals surface area contributed by atoms with Crippen LogP contribution in [0.15, 0.2) is 40.3 Å². The van der Waals surface area contributed by atoms with Gasteiger partial charge in [0.1, 0.15) is 11.3 Å². The van der Waals surface area contributed by atoms with Gasteiger partial charge in [-0.05, 0) is 52.9 Å². The lowest BCUT2D eigenvalue weighted by Gasteiger charge is -2.27. The first-order valence-electron chi connectivity index (χ1n) is 6.49. The largest absolute Gasteiger partial charge is 0.451 e. The Morgan fingerprint density at radius 1 is 1.12 bits per heavy atom. The third-order valence-electron chi connectivity index (χ3n) is 3.15. The Morgan fingerprint density at radius 3 is 2.54 bits per heavy atom. The molecule has 1 aliphatic heterocycles. The number of rotatable bonds is 2. The van der Waals surface area contributed by atoms with E-state index in [-0.39, 0.29) is 21.3 Å². The van der Waals surface area contributed by atoms with Gasteiger partial charge in [0.15, 0.2) is 3.77 Å². The van der Waals surface area contributed by atoms with Crippen molar-refractivity contribution in [3.05, 3.63) is 55.5 Å². The third kappa shape index (κ3) is 3.06. The summed E-state index contributed by atoms with van der Waals surface area (Å²) in [7, 11) is 0. The minimum absolute atomic E-state index is 0.0314. The lowest BCUT2D eigenvalue weighted by Crippen LogP contribution is -2.54. The van der Waals surface area contributed by atoms with Crippen molar-refractivity contribution in [1.82, 2.24) is 5.32 Å². The first kappa shape index (κ1) is 17.0. The van der Waals surface area contributed by atoms with Crippen molar-refractivity contribution in [2.24, 2.45) is 0 Å². The van der Waals surface area contributed by atoms with E-state index in [4.69, 9.17) is 27.6 Å². The molecule has 0 saturated carbocycles. The smallest absolute Gasteiger partial charge is 0.336 e. The molecule has 1 saturated heterocycles. The molecule has 1 fully saturated rings. The molecule has 0 atom stereocenters. The van der Waals surface area contributed by atoms with Gasteiger partial charge in [0.05, 0.1) is 15.7 Å². The molecular formula is C15H7Cl2IN2O4. The molecule has 0 bridgehead atoms. The van der Waals surface area contributed by atoms with Crippen molar-refractivity contribution in [3.8, 4) is 0 Å². The molecule has 9 heteroatoms. The van der Waals surface area contributed by atoms with Gasteiger partial charge in [-0.15, -0.1) is 0 Å². The minimum atomic E-state index is -0.902. The van der Waals surface area contributed by atoms with Gasteiger partial charge in [0, 0.05) is 0 Å². The van der Waals surface area contributed by atoms with Gasteiger partial charge >= 0.3 is 6.03 Å². The van der Waals surface area contributed by atoms with Crippen molar-refractivity contribution < 1.29 is 18.8 Å². The van der Waals surface area contributed by atoms with Crippen LogP contribution in [0.1, 0.15) is 5.76 Å². The second-order valence-corrected chi connectivity index (χ2v) is 6.52. The highest BCUT2D eigenvalue weighted by Crippen LogP contribution is 2.34. The van der Waals surface area contributed by atoms with Crippen molar-refractivity contribution in [1.29, 1.82) is 0 Å². The van der Waals surface area contributed by atoms with Crippen LogP contribution < -0.4 is 10.2 Å². The van der Waals surface area contributed by atoms with E-state index in [1.165, 1.54) is 18.2 Å². The number of anilines is 1. The van der Waals surface area contributed by atoms with Gasteiger partial charge in [-0.3, -0.25) is 14.9 Å². The van der Waals surface area contributed by atoms with E-state index < -0.39 is 17.8 Å². The number of furan rings is 1. The fraction of sp³-hybridized carbons (Fsp3) is 0. The number of amides is 4. The zero-order valence-electron chi connectivity index (χ0n) is 11.7. The third-order valence-corrected chi connectivity index (χ3v) is 4.54. The van der Waals surface area contributed by atoms with Crippen LogP contribution in [0.2, 0.25) is 10.0 Å². The maximum atomic E-state index is 12.7. The normalized spacial score (nSPS) is 16.7. The number of imide groups is 2. The molecule has 4 amide bonds. The van der Waals surface area contributed by atoms with Crippen LogP contribution in [-0.4, -0.2) is 17.8 Å². The minimum Gasteiger partial charge on any atom is -0.451 e. The zero-order valence-corrected chi connectivity index (χ0v) is 15.3. The molecule has 122 valence electrons. The first-order chi connectivity index (χ1) is 11.4. The van der Waals surface area contributed by atoms with Crippen LogP contribution in [0.3, 0.4) is 0 Å². The number of barbiturate groups is 1. The molecule has 0 aliphatic carbocycles. The number of urea groups is 1. The number of halogens is 3. The molecule has 3 rings (SSSR count). The van der Waals surface area contributed by atoms with E-state index in [0.717, 1.165) is 4.90 Å². The quantitative estimate of drug-likeness (QED) is 0.405. The van der Waals surface area contributed by atoms with Crippen LogP contribution in [0, 0.1) is 3.77 Å². The van der Waals surface area contributed by atoms with Crippen LogP contribution in [0.5, 0.6) is 0 Å². The Kier molecular flexibility index (Phi) is 4.66. The van der Waals surface area contributed by atoms with Crippen LogP contribution >= 0.6 is 45.8 Å². The fourth-order valence-electron chi connectivity index (χ4n) is 2.09. The molecule has 0 unspecified atom stereocenters. The summed E-state index contributed by atoms with van der Waals surface area (Å²) in [5.74, 6) is -1.32. The number of hydrogen-bond acceptors (Lipinski definition) is 4. The van der Waals surface area contributed by atoms with E-state index in [2.05, 4.69) is 5.32 Å². The Labute approximate surface area is 159 Å². The van der Waals surface area contributed by atoms with Gasteiger partial charge in [-0.2, -0.15) is 0 Å². The maximum Gasteiger partial charge on any atom is 0.336 e. The molecule has 2 aromatic rings. The Morgan fingerprint density at radius 2 is 1.88 bits per heavy atom. The average Bonchev–Trinajstić information content (AvgIpc) is 2.93. The van der Waals surface area contributed by atoms with E-state index in [1.807, 2.05) is 22.6 Å². The molecule has 0 radical (unpaired) electrons. The highest BCUT2D eigenvalue weighted by Gasteiger charge is 2.38. The van der Waals surface area contributed by atoms with Gasteiger partial charge in [0.2, 0.25) is 0 Å². The van der Waals surface area contributed by atoms with Crippen molar-refractivity contribution in [2.45, 2.75) is 0 Å². The summed E-state index contributed by atoms with van der Waals surface area (Å²) in [6, 6.07) is 6.89. The molecule has 1 aliphatic rings. The molecular weight excluding hydrogens is 470 g/mol. The SMILES string of the molecule is O=C1NC(=O)N(c2cccc(Cl)c2Cl)C(=O)/C1=C/c1ccc(I)o1. The lowest BCUT2D eigenvalue weighted by molar-refractivity contribution is -0.122. The first-order valence-corrected chi connectivity index (χ1v) is 8.33. The second-order valence-electron chi connectivity index (χ2n) is 4.67. The molecule has 1 aromatic carbocycles. The molecule has 1 aromatic heterocycles. The molecule has 2 heterocycles. The second kappa shape index (κ2) is 6.58. The Balaban J connectivity index is 2.06. The van der Waals surface area contributed by atoms with Crippen LogP contribution in [0.4, 0.5) is 10.5 Å². The van der Waals surface area contributed by atoms with E-state index in [9.17, 15) is 14.4 Å². The number of carbonyl (C=O) groups excluding carboxylic acids is 3. The fourth-order valence-corrected chi connectivity index (χ4v) is 2.90. The summed E-state index contributed by atoms with van der Waals surface area (Å²) in [4.78, 5) is 37.5. The highest BCUT2D eigenvalue weighted by atomic mass is 127. The topological polar surface area (TPSA) is 79.6 Å². The average molecular weight is 477 g/mol. The Bertz CT molecular complexity index is 907. The van der Waals surface area contributed by atoms with Crippen molar-refractivity contribution in [2.75, 3.05) is 4.90 Å². The number of nitrogens with zero attached hydrogens (tertiary/aromatic N) is 1. The number of benzene rings is 1. The van der Waals surface area contributed by atoms with Crippen molar-refractivity contribution >= 4 is 75.4 Å². The van der Waals surface area contributed by atoms with Gasteiger partial charge in [0.25, 0.3) is 11.8 Å². The number of nitrogens with one attached hydrogen (secondary N) is 1. The Hall–Kier alpha value is -1.84. The summed E-state index contributed by atoms with van der Waals surface area (Å²) >= 11 is 14.0. The molecule has 6 nitrogen and oxygen atoms in total. The standard InChI is InChI=1S/C15H7Cl2IN2O4/c16-9-2-1-3-10(12(9)17)20-14(22)8(13(21)19-15(20)23)6-7-4-5-11(18)24-7/h1-6H,(H,19,21,23)/b8-6+. The van der Waals surface area contributed by atoms with E-state index >= 15 is 0 Å². The molecule has 0 spiro atoms. The monoisotopic (exact) mass is 476 g/mol. The highest BCUT2D eigenvalue weighted by molar-refractivity contribution is 14.1. The van der Waals surface area contributed by atoms with Gasteiger partial charge in [-0.1, -0.05) is 29.3 Å². The maximum absolute atomic E-state index is 12.7. The number of hydrogen-bond donors (Lipinski definition) is 1. The van der Waals surface area contributed by atoms with Gasteiger partial charge in [-0.25, -0.2) is 9.69 Å². The van der Waals surface area contributed by atoms with Crippen LogP contribution in [-0.2, 0) is 9.59 Å². The predicted octanol–water partition coefficient (Wildman–Crippen LogP) is 3.86. The summed E-state index contributed by atoms with van der Waals surface area (Å²) in [6.45, 7) is 0. The van der Waals surface area contributed by atoms with Crippen molar-refractivity contribution in [3.63, 3.8) is 0 Å². The summed E-state index contributed by atoms with van der Waals surface area (Å²) in [5, 5.41) is 2.31. The lowest BCUT2D eigenvalue weighted by atomic mass is 10.1. The summed E-state index contributed by atoms with van der Waals surface area (Å²) in [6.07, 6.45) is 1.26. The summed E-state index contributed by atoms with van der Waals surface area (Å²) < 4.78 is 5.91. The zero-order chi connectivity index (χ0) is 17.4. The number of carbonyl (C=O) groups is 3. The van der Waals surface area contributed by atoms with Crippen LogP contribution in [0.25, 0.3) is 6.08 Å². The molecule has 24 heavy (non-hydrogen) atoms. The molecule has 1 N–H and O–H groups in total. The van der Waals surface area contributed by atoms with E-state index in [0.29, 0.717) is 9.53 Å². The van der Waals surface area contributed by atoms with E-state index in [1.54, 1.807) is 18.2 Å². The predicted molar refractivity (Wildman–Crippen MR) is 96.9 cm³/mol. The summed E-state index contributed by atoms with van der Waals surface area (Å²) in [5.41, 5.74) is -0.171. The van der Waals surface area contributed by atoms with Gasteiger partial charge < -0.3 is 4.42 Å².